The summed E-state index contributed by atoms with van der Waals surface area (Å²) in [4.78, 5) is 30.4. The van der Waals surface area contributed by atoms with Crippen LogP contribution >= 0.6 is 7.60 Å². The quantitative estimate of drug-likeness (QED) is 0.465. The number of imidazole rings is 1. The molecule has 10 heteroatoms. The van der Waals surface area contributed by atoms with Gasteiger partial charge in [0.25, 0.3) is 0 Å². The average molecular weight is 343 g/mol. The molecule has 0 saturated heterocycles. The van der Waals surface area contributed by atoms with Gasteiger partial charge in [0.2, 0.25) is 0 Å². The lowest BCUT2D eigenvalue weighted by Crippen LogP contribution is -2.12. The van der Waals surface area contributed by atoms with Crippen molar-refractivity contribution in [3.05, 3.63) is 12.7 Å². The molecule has 0 amide bonds. The molecule has 0 fully saturated rings. The summed E-state index contributed by atoms with van der Waals surface area (Å²) in [5.41, 5.74) is 1.44. The van der Waals surface area contributed by atoms with Gasteiger partial charge in [-0.25, -0.2) is 15.0 Å². The Bertz CT molecular complexity index is 686. The minimum absolute atomic E-state index is 0.0985. The zero-order chi connectivity index (χ0) is 16.9. The van der Waals surface area contributed by atoms with Crippen molar-refractivity contribution in [2.45, 2.75) is 32.2 Å². The van der Waals surface area contributed by atoms with Crippen molar-refractivity contribution in [2.24, 2.45) is 0 Å². The smallest absolute Gasteiger partial charge is 0.350 e. The van der Waals surface area contributed by atoms with Crippen LogP contribution in [0.5, 0.6) is 0 Å². The number of ether oxygens (including phenoxy) is 1. The van der Waals surface area contributed by atoms with Gasteiger partial charge in [-0.1, -0.05) is 13.3 Å². The molecule has 0 aliphatic rings. The third-order valence-corrected chi connectivity index (χ3v) is 3.98. The summed E-state index contributed by atoms with van der Waals surface area (Å²) >= 11 is 0. The molecule has 0 saturated carbocycles. The molecule has 9 nitrogen and oxygen atoms in total. The van der Waals surface area contributed by atoms with E-state index in [4.69, 9.17) is 14.5 Å². The van der Waals surface area contributed by atoms with Gasteiger partial charge in [-0.05, 0) is 12.8 Å². The van der Waals surface area contributed by atoms with Gasteiger partial charge in [-0.15, -0.1) is 0 Å². The molecule has 23 heavy (non-hydrogen) atoms. The molecule has 0 radical (unpaired) electrons. The standard InChI is InChI=1S/C13H22N5O4P/c1-3-4-10(5-6-22-9-23(19,20)21)18-8-17-11-12(14-2)15-7-16-13(11)18/h7-8,10H,3-6,9H2,1-2H3,(H,14,15,16)(H2,19,20,21). The highest BCUT2D eigenvalue weighted by atomic mass is 31.2. The molecule has 2 aromatic rings. The summed E-state index contributed by atoms with van der Waals surface area (Å²) in [7, 11) is -2.34. The second kappa shape index (κ2) is 7.83. The van der Waals surface area contributed by atoms with Gasteiger partial charge < -0.3 is 24.4 Å². The minimum Gasteiger partial charge on any atom is -0.371 e. The van der Waals surface area contributed by atoms with E-state index in [1.807, 2.05) is 4.57 Å². The topological polar surface area (TPSA) is 122 Å². The van der Waals surface area contributed by atoms with Gasteiger partial charge in [0.15, 0.2) is 11.5 Å². The first-order valence-corrected chi connectivity index (χ1v) is 9.23. The fourth-order valence-corrected chi connectivity index (χ4v) is 2.83. The third kappa shape index (κ3) is 4.71. The summed E-state index contributed by atoms with van der Waals surface area (Å²) in [6, 6.07) is 0.0985. The molecule has 0 spiro atoms. The van der Waals surface area contributed by atoms with Crippen molar-refractivity contribution in [2.75, 3.05) is 25.3 Å². The van der Waals surface area contributed by atoms with Crippen molar-refractivity contribution in [1.29, 1.82) is 0 Å². The number of fused-ring (bicyclic) bond motifs is 1. The first-order chi connectivity index (χ1) is 11.0. The fraction of sp³-hybridized carbons (Fsp3) is 0.615. The van der Waals surface area contributed by atoms with E-state index < -0.39 is 13.9 Å². The lowest BCUT2D eigenvalue weighted by molar-refractivity contribution is 0.141. The number of anilines is 1. The van der Waals surface area contributed by atoms with Crippen LogP contribution in [-0.4, -0.2) is 49.3 Å². The summed E-state index contributed by atoms with van der Waals surface area (Å²) in [6.45, 7) is 2.34. The summed E-state index contributed by atoms with van der Waals surface area (Å²) in [5.74, 6) is 0.668. The Labute approximate surface area is 134 Å². The second-order valence-electron chi connectivity index (χ2n) is 5.23. The molecule has 2 aromatic heterocycles. The van der Waals surface area contributed by atoms with E-state index in [9.17, 15) is 4.57 Å². The van der Waals surface area contributed by atoms with E-state index in [0.29, 0.717) is 17.8 Å². The van der Waals surface area contributed by atoms with E-state index in [1.54, 1.807) is 13.4 Å². The van der Waals surface area contributed by atoms with Crippen molar-refractivity contribution in [1.82, 2.24) is 19.5 Å². The highest BCUT2D eigenvalue weighted by molar-refractivity contribution is 7.51. The fourth-order valence-electron chi connectivity index (χ4n) is 2.46. The van der Waals surface area contributed by atoms with Crippen LogP contribution in [0.4, 0.5) is 5.82 Å². The maximum Gasteiger partial charge on any atom is 0.350 e. The van der Waals surface area contributed by atoms with Gasteiger partial charge in [0.05, 0.1) is 6.33 Å². The maximum atomic E-state index is 10.8. The highest BCUT2D eigenvalue weighted by Crippen LogP contribution is 2.34. The summed E-state index contributed by atoms with van der Waals surface area (Å²) < 4.78 is 17.9. The predicted molar refractivity (Wildman–Crippen MR) is 86.3 cm³/mol. The molecule has 3 N–H and O–H groups in total. The molecule has 0 aliphatic carbocycles. The number of aromatic nitrogens is 4. The van der Waals surface area contributed by atoms with Crippen LogP contribution in [-0.2, 0) is 9.30 Å². The predicted octanol–water partition coefficient (Wildman–Crippen LogP) is 1.75. The van der Waals surface area contributed by atoms with Gasteiger partial charge in [0, 0.05) is 19.7 Å². The molecule has 0 aliphatic heterocycles. The van der Waals surface area contributed by atoms with Gasteiger partial charge >= 0.3 is 7.60 Å². The van der Waals surface area contributed by atoms with Crippen LogP contribution in [0.25, 0.3) is 11.2 Å². The lowest BCUT2D eigenvalue weighted by atomic mass is 10.1. The molecule has 0 bridgehead atoms. The zero-order valence-corrected chi connectivity index (χ0v) is 14.1. The van der Waals surface area contributed by atoms with Gasteiger partial charge in [-0.2, -0.15) is 0 Å². The Morgan fingerprint density at radius 3 is 2.78 bits per heavy atom. The van der Waals surface area contributed by atoms with Gasteiger partial charge in [-0.3, -0.25) is 4.57 Å². The Morgan fingerprint density at radius 1 is 1.35 bits per heavy atom. The zero-order valence-electron chi connectivity index (χ0n) is 13.2. The minimum atomic E-state index is -4.12. The van der Waals surface area contributed by atoms with Crippen LogP contribution < -0.4 is 5.32 Å². The highest BCUT2D eigenvalue weighted by Gasteiger charge is 2.18. The van der Waals surface area contributed by atoms with Crippen molar-refractivity contribution in [3.8, 4) is 0 Å². The Morgan fingerprint density at radius 2 is 2.13 bits per heavy atom. The second-order valence-corrected chi connectivity index (χ2v) is 6.82. The number of nitrogens with zero attached hydrogens (tertiary/aromatic N) is 4. The molecule has 2 heterocycles. The number of rotatable bonds is 9. The molecule has 1 unspecified atom stereocenters. The Kier molecular flexibility index (Phi) is 6.06. The molecular formula is C13H22N5O4P. The first-order valence-electron chi connectivity index (χ1n) is 7.44. The third-order valence-electron chi connectivity index (χ3n) is 3.47. The molecule has 0 aromatic carbocycles. The molecule has 1 atom stereocenters. The first kappa shape index (κ1) is 17.8. The largest absolute Gasteiger partial charge is 0.371 e. The van der Waals surface area contributed by atoms with Crippen LogP contribution in [0, 0.1) is 0 Å². The van der Waals surface area contributed by atoms with Crippen molar-refractivity contribution < 1.29 is 19.1 Å². The van der Waals surface area contributed by atoms with Crippen LogP contribution in [0.2, 0.25) is 0 Å². The lowest BCUT2D eigenvalue weighted by Gasteiger charge is -2.18. The van der Waals surface area contributed by atoms with Crippen molar-refractivity contribution in [3.63, 3.8) is 0 Å². The summed E-state index contributed by atoms with van der Waals surface area (Å²) in [5, 5.41) is 2.98. The van der Waals surface area contributed by atoms with Gasteiger partial charge in [0.1, 0.15) is 18.2 Å². The number of hydrogen-bond acceptors (Lipinski definition) is 6. The van der Waals surface area contributed by atoms with Crippen LogP contribution in [0.15, 0.2) is 12.7 Å². The van der Waals surface area contributed by atoms with Crippen molar-refractivity contribution >= 4 is 24.6 Å². The normalized spacial score (nSPS) is 13.4. The molecule has 2 rings (SSSR count). The molecule has 128 valence electrons. The number of hydrogen-bond donors (Lipinski definition) is 3. The Balaban J connectivity index is 2.13. The maximum absolute atomic E-state index is 10.8. The van der Waals surface area contributed by atoms with E-state index in [1.165, 1.54) is 6.33 Å². The van der Waals surface area contributed by atoms with E-state index >= 15 is 0 Å². The SMILES string of the molecule is CCCC(CCOCP(=O)(O)O)n1cnc2c(NC)ncnc21. The number of nitrogens with one attached hydrogen (secondary N) is 1. The Hall–Kier alpha value is -1.54. The van der Waals surface area contributed by atoms with E-state index in [0.717, 1.165) is 18.5 Å². The van der Waals surface area contributed by atoms with E-state index in [-0.39, 0.29) is 12.6 Å². The van der Waals surface area contributed by atoms with E-state index in [2.05, 4.69) is 27.2 Å². The van der Waals surface area contributed by atoms with Crippen LogP contribution in [0.3, 0.4) is 0 Å². The summed E-state index contributed by atoms with van der Waals surface area (Å²) in [6.07, 6.45) is 5.14. The molecular weight excluding hydrogens is 321 g/mol. The monoisotopic (exact) mass is 343 g/mol. The average Bonchev–Trinajstić information content (AvgIpc) is 2.93. The van der Waals surface area contributed by atoms with Crippen LogP contribution in [0.1, 0.15) is 32.2 Å².